The molecule has 4 rings (SSSR count). The average Bonchev–Trinajstić information content (AvgIpc) is 3.63. The third kappa shape index (κ3) is 8.50. The standard InChI is InChI=1S/C27H38NO4S.C2HF3O2/c1-2-28(17-10-20-33-24-13-7-4-8-14-24)18-16-23(21-28)32-26(29)27(30,25-15-9-19-31-25)22-11-5-3-6-12-22;3-2(4,5)1(6)7/h4,7-9,13-15,19,22-23,30H,2-3,5-6,10-12,16-18,20-21H2,1H3;(H,6,7)/q+1;/p-1. The van der Waals surface area contributed by atoms with Gasteiger partial charge in [-0.2, -0.15) is 13.2 Å². The molecule has 3 unspecified atom stereocenters. The average molecular weight is 586 g/mol. The Morgan fingerprint density at radius 1 is 1.10 bits per heavy atom. The molecule has 1 aromatic heterocycles. The van der Waals surface area contributed by atoms with Gasteiger partial charge in [0.15, 0.2) is 6.10 Å². The molecule has 40 heavy (non-hydrogen) atoms. The number of alkyl halides is 3. The molecule has 0 radical (unpaired) electrons. The van der Waals surface area contributed by atoms with Crippen molar-refractivity contribution in [2.45, 2.75) is 74.6 Å². The minimum Gasteiger partial charge on any atom is -0.542 e. The van der Waals surface area contributed by atoms with Crippen molar-refractivity contribution in [2.24, 2.45) is 5.92 Å². The fraction of sp³-hybridized carbons (Fsp3) is 0.586. The summed E-state index contributed by atoms with van der Waals surface area (Å²) in [6, 6.07) is 14.0. The lowest BCUT2D eigenvalue weighted by Gasteiger charge is -2.36. The third-order valence-corrected chi connectivity index (χ3v) is 8.98. The van der Waals surface area contributed by atoms with E-state index in [4.69, 9.17) is 19.1 Å². The predicted molar refractivity (Wildman–Crippen MR) is 142 cm³/mol. The number of likely N-dealkylation sites (tertiary alicyclic amines) is 1. The number of quaternary nitrogens is 1. The van der Waals surface area contributed by atoms with Crippen molar-refractivity contribution in [3.8, 4) is 0 Å². The smallest absolute Gasteiger partial charge is 0.430 e. The summed E-state index contributed by atoms with van der Waals surface area (Å²) in [5.41, 5.74) is -1.68. The first-order valence-corrected chi connectivity index (χ1v) is 14.8. The van der Waals surface area contributed by atoms with Crippen molar-refractivity contribution in [3.05, 3.63) is 54.5 Å². The van der Waals surface area contributed by atoms with E-state index in [0.29, 0.717) is 5.76 Å². The highest BCUT2D eigenvalue weighted by molar-refractivity contribution is 7.99. The molecule has 1 saturated heterocycles. The van der Waals surface area contributed by atoms with Crippen LogP contribution >= 0.6 is 11.8 Å². The lowest BCUT2D eigenvalue weighted by Crippen LogP contribution is -2.49. The van der Waals surface area contributed by atoms with Gasteiger partial charge in [0.2, 0.25) is 5.60 Å². The molecule has 11 heteroatoms. The van der Waals surface area contributed by atoms with Gasteiger partial charge in [0.05, 0.1) is 25.9 Å². The summed E-state index contributed by atoms with van der Waals surface area (Å²) < 4.78 is 44.1. The molecule has 0 bridgehead atoms. The molecule has 0 spiro atoms. The number of esters is 1. The molecule has 1 aliphatic carbocycles. The van der Waals surface area contributed by atoms with Crippen LogP contribution in [-0.2, 0) is 19.9 Å². The van der Waals surface area contributed by atoms with Crippen LogP contribution in [0.15, 0.2) is 58.0 Å². The van der Waals surface area contributed by atoms with Crippen molar-refractivity contribution < 1.29 is 46.6 Å². The minimum absolute atomic E-state index is 0.147. The van der Waals surface area contributed by atoms with Gasteiger partial charge in [-0.25, -0.2) is 4.79 Å². The SMILES string of the molecule is CC[N+]1(CCCSc2ccccc2)CCC(OC(=O)C(O)(c2ccco2)C2CCCCC2)C1.O=C([O-])C(F)(F)F. The van der Waals surface area contributed by atoms with Crippen LogP contribution in [0.5, 0.6) is 0 Å². The molecular weight excluding hydrogens is 547 g/mol. The van der Waals surface area contributed by atoms with Gasteiger partial charge in [-0.05, 0) is 44.0 Å². The number of carboxylic acid groups (broad SMARTS) is 1. The number of hydrogen-bond donors (Lipinski definition) is 1. The highest BCUT2D eigenvalue weighted by Crippen LogP contribution is 2.41. The van der Waals surface area contributed by atoms with E-state index in [1.54, 1.807) is 12.1 Å². The zero-order valence-corrected chi connectivity index (χ0v) is 23.6. The second-order valence-corrected chi connectivity index (χ2v) is 11.7. The number of hydrogen-bond acceptors (Lipinski definition) is 7. The van der Waals surface area contributed by atoms with Crippen molar-refractivity contribution in [2.75, 3.05) is 31.9 Å². The van der Waals surface area contributed by atoms with Gasteiger partial charge in [0, 0.05) is 29.4 Å². The number of carboxylic acids is 1. The molecule has 222 valence electrons. The fourth-order valence-electron chi connectivity index (χ4n) is 5.61. The Kier molecular flexibility index (Phi) is 11.5. The second-order valence-electron chi connectivity index (χ2n) is 10.5. The van der Waals surface area contributed by atoms with Gasteiger partial charge in [-0.3, -0.25) is 0 Å². The summed E-state index contributed by atoms with van der Waals surface area (Å²) in [6.45, 7) is 6.21. The maximum absolute atomic E-state index is 13.4. The number of aliphatic hydroxyl groups is 1. The molecular formula is C29H38F3NO6S. The molecule has 1 aliphatic heterocycles. The summed E-state index contributed by atoms with van der Waals surface area (Å²) in [5, 5.41) is 20.4. The Bertz CT molecular complexity index is 1060. The fourth-order valence-corrected chi connectivity index (χ4v) is 6.47. The van der Waals surface area contributed by atoms with Crippen molar-refractivity contribution in [1.29, 1.82) is 0 Å². The summed E-state index contributed by atoms with van der Waals surface area (Å²) in [6.07, 6.45) is 3.03. The van der Waals surface area contributed by atoms with Gasteiger partial charge >= 0.3 is 12.1 Å². The van der Waals surface area contributed by atoms with Crippen LogP contribution in [0.2, 0.25) is 0 Å². The minimum atomic E-state index is -5.19. The van der Waals surface area contributed by atoms with E-state index in [2.05, 4.69) is 31.2 Å². The Morgan fingerprint density at radius 2 is 1.77 bits per heavy atom. The van der Waals surface area contributed by atoms with Gasteiger partial charge < -0.3 is 28.6 Å². The highest BCUT2D eigenvalue weighted by atomic mass is 32.2. The molecule has 2 fully saturated rings. The molecule has 2 aromatic rings. The first-order valence-electron chi connectivity index (χ1n) is 13.8. The highest BCUT2D eigenvalue weighted by Gasteiger charge is 2.51. The monoisotopic (exact) mass is 585 g/mol. The molecule has 2 aliphatic rings. The quantitative estimate of drug-likeness (QED) is 0.187. The number of furan rings is 1. The zero-order valence-electron chi connectivity index (χ0n) is 22.7. The van der Waals surface area contributed by atoms with E-state index in [9.17, 15) is 23.1 Å². The third-order valence-electron chi connectivity index (χ3n) is 7.89. The topological polar surface area (TPSA) is 99.8 Å². The first-order chi connectivity index (χ1) is 19.0. The number of likely N-dealkylation sites (N-methyl/N-ethyl adjacent to an activating group) is 1. The van der Waals surface area contributed by atoms with Crippen LogP contribution in [0, 0.1) is 5.92 Å². The lowest BCUT2D eigenvalue weighted by atomic mass is 9.75. The number of halogens is 3. The number of nitrogens with zero attached hydrogens (tertiary/aromatic N) is 1. The van der Waals surface area contributed by atoms with Crippen LogP contribution in [0.4, 0.5) is 13.2 Å². The van der Waals surface area contributed by atoms with Gasteiger partial charge in [-0.1, -0.05) is 37.5 Å². The van der Waals surface area contributed by atoms with Crippen LogP contribution in [0.1, 0.15) is 57.6 Å². The number of benzene rings is 1. The Hall–Kier alpha value is -2.50. The van der Waals surface area contributed by atoms with E-state index in [-0.39, 0.29) is 12.0 Å². The van der Waals surface area contributed by atoms with Crippen LogP contribution in [0.25, 0.3) is 0 Å². The summed E-state index contributed by atoms with van der Waals surface area (Å²) >= 11 is 1.90. The number of thioether (sulfide) groups is 1. The van der Waals surface area contributed by atoms with Crippen molar-refractivity contribution in [3.63, 3.8) is 0 Å². The van der Waals surface area contributed by atoms with Crippen LogP contribution < -0.4 is 5.11 Å². The molecule has 1 N–H and O–H groups in total. The maximum atomic E-state index is 13.4. The number of carbonyl (C=O) groups is 2. The van der Waals surface area contributed by atoms with Gasteiger partial charge in [-0.15, -0.1) is 11.8 Å². The number of ether oxygens (including phenoxy) is 1. The largest absolute Gasteiger partial charge is 0.542 e. The Labute approximate surface area is 237 Å². The Balaban J connectivity index is 0.000000559. The molecule has 3 atom stereocenters. The van der Waals surface area contributed by atoms with Crippen molar-refractivity contribution >= 4 is 23.7 Å². The lowest BCUT2D eigenvalue weighted by molar-refractivity contribution is -0.916. The van der Waals surface area contributed by atoms with Gasteiger partial charge in [0.25, 0.3) is 0 Å². The summed E-state index contributed by atoms with van der Waals surface area (Å²) in [4.78, 5) is 23.5. The van der Waals surface area contributed by atoms with E-state index < -0.39 is 23.7 Å². The summed E-state index contributed by atoms with van der Waals surface area (Å²) in [5.74, 6) is -2.26. The first kappa shape index (κ1) is 32.0. The number of carbonyl (C=O) groups excluding carboxylic acids is 2. The van der Waals surface area contributed by atoms with Crippen LogP contribution in [-0.4, -0.2) is 65.7 Å². The predicted octanol–water partition coefficient (Wildman–Crippen LogP) is 4.68. The zero-order chi connectivity index (χ0) is 29.2. The summed E-state index contributed by atoms with van der Waals surface area (Å²) in [7, 11) is 0. The normalized spacial score (nSPS) is 23.1. The second kappa shape index (κ2) is 14.4. The molecule has 0 amide bonds. The van der Waals surface area contributed by atoms with E-state index in [1.807, 2.05) is 17.8 Å². The number of rotatable bonds is 10. The molecule has 1 aromatic carbocycles. The van der Waals surface area contributed by atoms with Gasteiger partial charge in [0.1, 0.15) is 18.3 Å². The van der Waals surface area contributed by atoms with Crippen LogP contribution in [0.3, 0.4) is 0 Å². The number of aliphatic carboxylic acids is 1. The Morgan fingerprint density at radius 3 is 2.35 bits per heavy atom. The van der Waals surface area contributed by atoms with E-state index >= 15 is 0 Å². The van der Waals surface area contributed by atoms with Crippen molar-refractivity contribution in [1.82, 2.24) is 0 Å². The van der Waals surface area contributed by atoms with E-state index in [1.165, 1.54) is 11.2 Å². The molecule has 1 saturated carbocycles. The maximum Gasteiger partial charge on any atom is 0.430 e. The molecule has 7 nitrogen and oxygen atoms in total. The van der Waals surface area contributed by atoms with E-state index in [0.717, 1.165) is 81.4 Å². The molecule has 2 heterocycles.